The molecule has 0 aliphatic rings. The zero-order valence-corrected chi connectivity index (χ0v) is 11.2. The second-order valence-electron chi connectivity index (χ2n) is 4.30. The molecule has 0 aliphatic carbocycles. The second-order valence-corrected chi connectivity index (χ2v) is 5.36. The Morgan fingerprint density at radius 1 is 1.21 bits per heavy atom. The quantitative estimate of drug-likeness (QED) is 0.734. The molecule has 1 aromatic heterocycles. The van der Waals surface area contributed by atoms with E-state index in [-0.39, 0.29) is 0 Å². The number of aldehydes is 1. The summed E-state index contributed by atoms with van der Waals surface area (Å²) >= 11 is 1.56. The molecule has 4 heteroatoms. The van der Waals surface area contributed by atoms with Crippen LogP contribution >= 0.6 is 11.8 Å². The van der Waals surface area contributed by atoms with Crippen LogP contribution in [0.15, 0.2) is 52.5 Å². The van der Waals surface area contributed by atoms with Crippen molar-refractivity contribution in [1.82, 2.24) is 9.97 Å². The number of para-hydroxylation sites is 2. The lowest BCUT2D eigenvalue weighted by molar-refractivity contribution is 0.112. The topological polar surface area (TPSA) is 45.8 Å². The summed E-state index contributed by atoms with van der Waals surface area (Å²) in [6.45, 7) is 1.94. The predicted octanol–water partition coefficient (Wildman–Crippen LogP) is 3.84. The van der Waals surface area contributed by atoms with Gasteiger partial charge in [-0.3, -0.25) is 4.79 Å². The Bertz CT molecular complexity index is 716. The van der Waals surface area contributed by atoms with Gasteiger partial charge in [0.1, 0.15) is 6.29 Å². The lowest BCUT2D eigenvalue weighted by Gasteiger charge is -2.02. The van der Waals surface area contributed by atoms with Crippen LogP contribution in [0.25, 0.3) is 11.0 Å². The monoisotopic (exact) mass is 268 g/mol. The maximum Gasteiger partial charge on any atom is 0.171 e. The zero-order valence-electron chi connectivity index (χ0n) is 10.4. The molecule has 3 aromatic rings. The summed E-state index contributed by atoms with van der Waals surface area (Å²) in [5, 5.41) is 0.861. The standard InChI is InChI=1S/C15H12N2OS/c1-10-8-12(7-6-11(10)9-18)19-15-16-13-4-2-3-5-14(13)17-15/h2-9H,1H3,(H,16,17). The summed E-state index contributed by atoms with van der Waals surface area (Å²) in [5.74, 6) is 0. The molecule has 2 aromatic carbocycles. The number of hydrogen-bond donors (Lipinski definition) is 1. The van der Waals surface area contributed by atoms with Crippen molar-refractivity contribution in [3.63, 3.8) is 0 Å². The van der Waals surface area contributed by atoms with E-state index in [1.807, 2.05) is 49.4 Å². The van der Waals surface area contributed by atoms with Crippen molar-refractivity contribution in [3.8, 4) is 0 Å². The number of nitrogens with one attached hydrogen (secondary N) is 1. The van der Waals surface area contributed by atoms with Crippen LogP contribution in [0.4, 0.5) is 0 Å². The first-order chi connectivity index (χ1) is 9.26. The molecule has 0 spiro atoms. The summed E-state index contributed by atoms with van der Waals surface area (Å²) in [7, 11) is 0. The molecule has 1 heterocycles. The highest BCUT2D eigenvalue weighted by atomic mass is 32.2. The van der Waals surface area contributed by atoms with Crippen LogP contribution in [0, 0.1) is 6.92 Å². The second kappa shape index (κ2) is 4.90. The Labute approximate surface area is 115 Å². The predicted molar refractivity (Wildman–Crippen MR) is 76.8 cm³/mol. The third-order valence-electron chi connectivity index (χ3n) is 2.95. The zero-order chi connectivity index (χ0) is 13.2. The third kappa shape index (κ3) is 2.39. The van der Waals surface area contributed by atoms with Crippen molar-refractivity contribution >= 4 is 29.1 Å². The van der Waals surface area contributed by atoms with Crippen LogP contribution in [0.2, 0.25) is 0 Å². The van der Waals surface area contributed by atoms with Crippen LogP contribution in [0.1, 0.15) is 15.9 Å². The first kappa shape index (κ1) is 12.0. The number of imidazole rings is 1. The summed E-state index contributed by atoms with van der Waals surface area (Å²) in [6, 6.07) is 13.7. The average Bonchev–Trinajstić information content (AvgIpc) is 2.81. The number of aryl methyl sites for hydroxylation is 1. The van der Waals surface area contributed by atoms with Gasteiger partial charge in [-0.1, -0.05) is 30.0 Å². The van der Waals surface area contributed by atoms with E-state index < -0.39 is 0 Å². The Morgan fingerprint density at radius 3 is 2.79 bits per heavy atom. The van der Waals surface area contributed by atoms with E-state index in [1.165, 1.54) is 0 Å². The fraction of sp³-hybridized carbons (Fsp3) is 0.0667. The highest BCUT2D eigenvalue weighted by molar-refractivity contribution is 7.99. The van der Waals surface area contributed by atoms with Crippen LogP contribution in [-0.2, 0) is 0 Å². The molecule has 0 bridgehead atoms. The van der Waals surface area contributed by atoms with Crippen LogP contribution in [-0.4, -0.2) is 16.3 Å². The number of H-pyrrole nitrogens is 1. The van der Waals surface area contributed by atoms with Gasteiger partial charge in [0.15, 0.2) is 5.16 Å². The van der Waals surface area contributed by atoms with Crippen molar-refractivity contribution in [2.45, 2.75) is 17.0 Å². The van der Waals surface area contributed by atoms with Crippen molar-refractivity contribution < 1.29 is 4.79 Å². The van der Waals surface area contributed by atoms with Crippen LogP contribution < -0.4 is 0 Å². The van der Waals surface area contributed by atoms with Gasteiger partial charge in [0.2, 0.25) is 0 Å². The number of rotatable bonds is 3. The molecule has 0 unspecified atom stereocenters. The van der Waals surface area contributed by atoms with Gasteiger partial charge in [0, 0.05) is 10.5 Å². The first-order valence-electron chi connectivity index (χ1n) is 5.95. The third-order valence-corrected chi connectivity index (χ3v) is 3.83. The molecule has 1 N–H and O–H groups in total. The first-order valence-corrected chi connectivity index (χ1v) is 6.76. The van der Waals surface area contributed by atoms with E-state index in [4.69, 9.17) is 0 Å². The number of aromatic amines is 1. The fourth-order valence-electron chi connectivity index (χ4n) is 1.93. The van der Waals surface area contributed by atoms with Gasteiger partial charge in [-0.05, 0) is 36.8 Å². The molecular formula is C15H12N2OS. The molecule has 3 nitrogen and oxygen atoms in total. The summed E-state index contributed by atoms with van der Waals surface area (Å²) in [6.07, 6.45) is 0.880. The maximum atomic E-state index is 10.8. The molecular weight excluding hydrogens is 256 g/mol. The normalized spacial score (nSPS) is 10.8. The smallest absolute Gasteiger partial charge is 0.171 e. The number of nitrogens with zero attached hydrogens (tertiary/aromatic N) is 1. The molecule has 94 valence electrons. The Hall–Kier alpha value is -2.07. The molecule has 0 atom stereocenters. The van der Waals surface area contributed by atoms with E-state index in [1.54, 1.807) is 11.8 Å². The molecule has 3 rings (SSSR count). The van der Waals surface area contributed by atoms with E-state index >= 15 is 0 Å². The van der Waals surface area contributed by atoms with E-state index in [0.29, 0.717) is 0 Å². The average molecular weight is 268 g/mol. The SMILES string of the molecule is Cc1cc(Sc2nc3ccccc3[nH]2)ccc1C=O. The van der Waals surface area contributed by atoms with Gasteiger partial charge in [-0.15, -0.1) is 0 Å². The molecule has 19 heavy (non-hydrogen) atoms. The van der Waals surface area contributed by atoms with E-state index in [2.05, 4.69) is 9.97 Å². The highest BCUT2D eigenvalue weighted by Crippen LogP contribution is 2.28. The minimum Gasteiger partial charge on any atom is -0.333 e. The lowest BCUT2D eigenvalue weighted by Crippen LogP contribution is -1.86. The number of fused-ring (bicyclic) bond motifs is 1. The van der Waals surface area contributed by atoms with Crippen molar-refractivity contribution in [3.05, 3.63) is 53.6 Å². The minimum absolute atomic E-state index is 0.731. The highest BCUT2D eigenvalue weighted by Gasteiger charge is 2.05. The molecule has 0 saturated carbocycles. The molecule has 0 fully saturated rings. The van der Waals surface area contributed by atoms with Crippen molar-refractivity contribution in [2.75, 3.05) is 0 Å². The van der Waals surface area contributed by atoms with E-state index in [9.17, 15) is 4.79 Å². The van der Waals surface area contributed by atoms with Gasteiger partial charge in [-0.2, -0.15) is 0 Å². The Balaban J connectivity index is 1.92. The molecule has 0 saturated heterocycles. The maximum absolute atomic E-state index is 10.8. The minimum atomic E-state index is 0.731. The summed E-state index contributed by atoms with van der Waals surface area (Å²) < 4.78 is 0. The van der Waals surface area contributed by atoms with Crippen molar-refractivity contribution in [2.24, 2.45) is 0 Å². The number of aromatic nitrogens is 2. The lowest BCUT2D eigenvalue weighted by atomic mass is 10.1. The Morgan fingerprint density at radius 2 is 2.05 bits per heavy atom. The van der Waals surface area contributed by atoms with Crippen LogP contribution in [0.5, 0.6) is 0 Å². The van der Waals surface area contributed by atoms with E-state index in [0.717, 1.165) is 38.5 Å². The Kier molecular flexibility index (Phi) is 3.09. The van der Waals surface area contributed by atoms with Crippen LogP contribution in [0.3, 0.4) is 0 Å². The van der Waals surface area contributed by atoms with Gasteiger partial charge < -0.3 is 4.98 Å². The summed E-state index contributed by atoms with van der Waals surface area (Å²) in [5.41, 5.74) is 3.71. The molecule has 0 radical (unpaired) electrons. The number of benzene rings is 2. The molecule has 0 amide bonds. The number of hydrogen-bond acceptors (Lipinski definition) is 3. The largest absolute Gasteiger partial charge is 0.333 e. The number of carbonyl (C=O) groups is 1. The molecule has 0 aliphatic heterocycles. The number of carbonyl (C=O) groups excluding carboxylic acids is 1. The summed E-state index contributed by atoms with van der Waals surface area (Å²) in [4.78, 5) is 19.7. The van der Waals surface area contributed by atoms with Gasteiger partial charge >= 0.3 is 0 Å². The van der Waals surface area contributed by atoms with Crippen molar-refractivity contribution in [1.29, 1.82) is 0 Å². The fourth-order valence-corrected chi connectivity index (χ4v) is 2.83. The van der Waals surface area contributed by atoms with Gasteiger partial charge in [0.25, 0.3) is 0 Å². The van der Waals surface area contributed by atoms with Gasteiger partial charge in [0.05, 0.1) is 11.0 Å². The van der Waals surface area contributed by atoms with Gasteiger partial charge in [-0.25, -0.2) is 4.98 Å².